The maximum absolute atomic E-state index is 12.6. The van der Waals surface area contributed by atoms with Crippen LogP contribution in [0.4, 0.5) is 11.4 Å². The summed E-state index contributed by atoms with van der Waals surface area (Å²) in [6, 6.07) is 18.2. The van der Waals surface area contributed by atoms with Crippen LogP contribution in [0.1, 0.15) is 21.5 Å². The lowest BCUT2D eigenvalue weighted by atomic mass is 10.1. The Morgan fingerprint density at radius 3 is 2.18 bits per heavy atom. The zero-order valence-corrected chi connectivity index (χ0v) is 16.9. The van der Waals surface area contributed by atoms with Crippen molar-refractivity contribution in [2.45, 2.75) is 18.7 Å². The molecule has 0 aliphatic heterocycles. The molecule has 0 unspecified atom stereocenters. The van der Waals surface area contributed by atoms with Crippen LogP contribution in [0.25, 0.3) is 0 Å². The zero-order valence-electron chi connectivity index (χ0n) is 15.4. The smallest absolute Gasteiger partial charge is 0.261 e. The molecule has 144 valence electrons. The van der Waals surface area contributed by atoms with E-state index in [4.69, 9.17) is 11.6 Å². The predicted octanol–water partition coefficient (Wildman–Crippen LogP) is 5.01. The van der Waals surface area contributed by atoms with E-state index in [1.807, 2.05) is 31.2 Å². The number of para-hydroxylation sites is 1. The summed E-state index contributed by atoms with van der Waals surface area (Å²) < 4.78 is 27.8. The van der Waals surface area contributed by atoms with E-state index in [1.165, 1.54) is 30.3 Å². The van der Waals surface area contributed by atoms with Crippen LogP contribution in [-0.2, 0) is 10.0 Å². The molecule has 2 N–H and O–H groups in total. The first-order valence-electron chi connectivity index (χ1n) is 8.52. The lowest BCUT2D eigenvalue weighted by Crippen LogP contribution is -2.16. The molecule has 0 saturated heterocycles. The van der Waals surface area contributed by atoms with Gasteiger partial charge in [-0.3, -0.25) is 9.52 Å². The summed E-state index contributed by atoms with van der Waals surface area (Å²) in [7, 11) is -3.80. The number of anilines is 2. The molecule has 0 aromatic heterocycles. The maximum atomic E-state index is 12.6. The Labute approximate surface area is 169 Å². The number of hydrogen-bond acceptors (Lipinski definition) is 3. The van der Waals surface area contributed by atoms with E-state index in [-0.39, 0.29) is 10.8 Å². The zero-order chi connectivity index (χ0) is 20.3. The summed E-state index contributed by atoms with van der Waals surface area (Å²) in [4.78, 5) is 12.7. The number of carbonyl (C=O) groups is 1. The highest BCUT2D eigenvalue weighted by Crippen LogP contribution is 2.23. The molecule has 3 rings (SSSR count). The number of aryl methyl sites for hydroxylation is 2. The van der Waals surface area contributed by atoms with Crippen molar-refractivity contribution in [3.05, 3.63) is 88.4 Å². The molecule has 0 radical (unpaired) electrons. The van der Waals surface area contributed by atoms with E-state index in [0.29, 0.717) is 27.5 Å². The predicted molar refractivity (Wildman–Crippen MR) is 113 cm³/mol. The molecule has 1 amide bonds. The average molecular weight is 415 g/mol. The van der Waals surface area contributed by atoms with Gasteiger partial charge < -0.3 is 5.32 Å². The van der Waals surface area contributed by atoms with Crippen molar-refractivity contribution in [1.29, 1.82) is 0 Å². The van der Waals surface area contributed by atoms with Gasteiger partial charge in [-0.1, -0.05) is 35.9 Å². The van der Waals surface area contributed by atoms with E-state index in [0.717, 1.165) is 5.56 Å². The van der Waals surface area contributed by atoms with E-state index < -0.39 is 10.0 Å². The third-order valence-corrected chi connectivity index (χ3v) is 5.89. The number of benzene rings is 3. The number of sulfonamides is 1. The molecular formula is C21H19ClN2O3S. The number of amides is 1. The van der Waals surface area contributed by atoms with Crippen LogP contribution >= 0.6 is 11.6 Å². The van der Waals surface area contributed by atoms with Gasteiger partial charge in [-0.2, -0.15) is 0 Å². The van der Waals surface area contributed by atoms with Crippen molar-refractivity contribution < 1.29 is 13.2 Å². The van der Waals surface area contributed by atoms with Gasteiger partial charge in [0.1, 0.15) is 0 Å². The molecule has 3 aromatic rings. The standard InChI is InChI=1S/C21H19ClN2O3S/c1-14-5-3-4-6-19(14)23-21(25)16-8-7-15(2)20(13-16)24-28(26,27)18-11-9-17(22)10-12-18/h3-13,24H,1-2H3,(H,23,25). The minimum Gasteiger partial charge on any atom is -0.322 e. The van der Waals surface area contributed by atoms with Crippen LogP contribution in [0.15, 0.2) is 71.6 Å². The second-order valence-corrected chi connectivity index (χ2v) is 8.48. The molecule has 0 atom stereocenters. The van der Waals surface area contributed by atoms with Crippen LogP contribution in [0.2, 0.25) is 5.02 Å². The Balaban J connectivity index is 1.86. The average Bonchev–Trinajstić information content (AvgIpc) is 2.65. The van der Waals surface area contributed by atoms with Gasteiger partial charge in [0.05, 0.1) is 10.6 Å². The monoisotopic (exact) mass is 414 g/mol. The van der Waals surface area contributed by atoms with Crippen molar-refractivity contribution in [3.8, 4) is 0 Å². The van der Waals surface area contributed by atoms with Gasteiger partial charge in [-0.05, 0) is 67.4 Å². The largest absolute Gasteiger partial charge is 0.322 e. The molecule has 0 saturated carbocycles. The lowest BCUT2D eigenvalue weighted by molar-refractivity contribution is 0.102. The summed E-state index contributed by atoms with van der Waals surface area (Å²) in [5.41, 5.74) is 3.03. The summed E-state index contributed by atoms with van der Waals surface area (Å²) in [6.45, 7) is 3.67. The number of hydrogen-bond donors (Lipinski definition) is 2. The van der Waals surface area contributed by atoms with Crippen LogP contribution in [-0.4, -0.2) is 14.3 Å². The van der Waals surface area contributed by atoms with E-state index in [2.05, 4.69) is 10.0 Å². The fourth-order valence-electron chi connectivity index (χ4n) is 2.60. The Bertz CT molecular complexity index is 1130. The summed E-state index contributed by atoms with van der Waals surface area (Å²) in [5.74, 6) is -0.318. The van der Waals surface area contributed by atoms with Gasteiger partial charge in [0, 0.05) is 16.3 Å². The second kappa shape index (κ2) is 8.04. The Morgan fingerprint density at radius 2 is 1.50 bits per heavy atom. The van der Waals surface area contributed by atoms with Gasteiger partial charge in [0.15, 0.2) is 0 Å². The van der Waals surface area contributed by atoms with Gasteiger partial charge in [0.25, 0.3) is 15.9 Å². The molecule has 0 spiro atoms. The molecule has 0 aliphatic carbocycles. The Morgan fingerprint density at radius 1 is 0.857 bits per heavy atom. The first-order chi connectivity index (χ1) is 13.3. The van der Waals surface area contributed by atoms with Crippen molar-refractivity contribution >= 4 is 38.9 Å². The molecule has 0 fully saturated rings. The highest BCUT2D eigenvalue weighted by molar-refractivity contribution is 7.92. The topological polar surface area (TPSA) is 75.3 Å². The van der Waals surface area contributed by atoms with Crippen molar-refractivity contribution in [2.75, 3.05) is 10.0 Å². The van der Waals surface area contributed by atoms with Gasteiger partial charge >= 0.3 is 0 Å². The number of rotatable bonds is 5. The Kier molecular flexibility index (Phi) is 5.72. The van der Waals surface area contributed by atoms with Gasteiger partial charge in [-0.15, -0.1) is 0 Å². The summed E-state index contributed by atoms with van der Waals surface area (Å²) in [5, 5.41) is 3.29. The minimum atomic E-state index is -3.80. The fourth-order valence-corrected chi connectivity index (χ4v) is 3.85. The van der Waals surface area contributed by atoms with Crippen molar-refractivity contribution in [2.24, 2.45) is 0 Å². The van der Waals surface area contributed by atoms with Crippen molar-refractivity contribution in [3.63, 3.8) is 0 Å². The van der Waals surface area contributed by atoms with Crippen LogP contribution in [0.3, 0.4) is 0 Å². The Hall–Kier alpha value is -2.83. The molecular weight excluding hydrogens is 396 g/mol. The molecule has 0 bridgehead atoms. The van der Waals surface area contributed by atoms with Crippen LogP contribution < -0.4 is 10.0 Å². The van der Waals surface area contributed by atoms with Gasteiger partial charge in [0.2, 0.25) is 0 Å². The molecule has 28 heavy (non-hydrogen) atoms. The SMILES string of the molecule is Cc1ccccc1NC(=O)c1ccc(C)c(NS(=O)(=O)c2ccc(Cl)cc2)c1. The highest BCUT2D eigenvalue weighted by Gasteiger charge is 2.17. The summed E-state index contributed by atoms with van der Waals surface area (Å²) in [6.07, 6.45) is 0. The third kappa shape index (κ3) is 4.52. The van der Waals surface area contributed by atoms with E-state index in [9.17, 15) is 13.2 Å². The van der Waals surface area contributed by atoms with Crippen LogP contribution in [0, 0.1) is 13.8 Å². The number of halogens is 1. The molecule has 0 aliphatic rings. The van der Waals surface area contributed by atoms with E-state index in [1.54, 1.807) is 19.1 Å². The lowest BCUT2D eigenvalue weighted by Gasteiger charge is -2.13. The fraction of sp³-hybridized carbons (Fsp3) is 0.0952. The molecule has 0 heterocycles. The molecule has 3 aromatic carbocycles. The number of carbonyl (C=O) groups excluding carboxylic acids is 1. The maximum Gasteiger partial charge on any atom is 0.261 e. The summed E-state index contributed by atoms with van der Waals surface area (Å²) >= 11 is 5.82. The minimum absolute atomic E-state index is 0.0889. The third-order valence-electron chi connectivity index (χ3n) is 4.26. The highest BCUT2D eigenvalue weighted by atomic mass is 35.5. The quantitative estimate of drug-likeness (QED) is 0.616. The van der Waals surface area contributed by atoms with Gasteiger partial charge in [-0.25, -0.2) is 8.42 Å². The molecule has 5 nitrogen and oxygen atoms in total. The van der Waals surface area contributed by atoms with Crippen LogP contribution in [0.5, 0.6) is 0 Å². The first-order valence-corrected chi connectivity index (χ1v) is 10.4. The molecule has 7 heteroatoms. The van der Waals surface area contributed by atoms with E-state index >= 15 is 0 Å². The van der Waals surface area contributed by atoms with Crippen molar-refractivity contribution in [1.82, 2.24) is 0 Å². The first kappa shape index (κ1) is 19.9. The second-order valence-electron chi connectivity index (χ2n) is 6.36. The number of nitrogens with one attached hydrogen (secondary N) is 2. The normalized spacial score (nSPS) is 11.1.